The van der Waals surface area contributed by atoms with Crippen molar-refractivity contribution >= 4 is 23.3 Å². The quantitative estimate of drug-likeness (QED) is 0.884. The van der Waals surface area contributed by atoms with E-state index >= 15 is 0 Å². The number of amides is 1. The largest absolute Gasteiger partial charge is 0.305 e. The van der Waals surface area contributed by atoms with Gasteiger partial charge in [0, 0.05) is 11.9 Å². The molecule has 0 aliphatic carbocycles. The zero-order valence-corrected chi connectivity index (χ0v) is 9.77. The van der Waals surface area contributed by atoms with Crippen molar-refractivity contribution in [3.63, 3.8) is 0 Å². The molecule has 1 N–H and O–H groups in total. The van der Waals surface area contributed by atoms with E-state index in [0.29, 0.717) is 17.1 Å². The molecule has 1 amide bonds. The maximum atomic E-state index is 11.9. The van der Waals surface area contributed by atoms with Gasteiger partial charge in [-0.2, -0.15) is 0 Å². The van der Waals surface area contributed by atoms with Gasteiger partial charge in [-0.15, -0.1) is 10.2 Å². The van der Waals surface area contributed by atoms with Crippen molar-refractivity contribution in [2.75, 3.05) is 5.32 Å². The molecule has 2 aromatic heterocycles. The summed E-state index contributed by atoms with van der Waals surface area (Å²) in [5.41, 5.74) is 1.16. The number of rotatable bonds is 2. The van der Waals surface area contributed by atoms with Crippen LogP contribution >= 0.6 is 11.6 Å². The van der Waals surface area contributed by atoms with Crippen LogP contribution in [0.15, 0.2) is 30.5 Å². The van der Waals surface area contributed by atoms with Gasteiger partial charge < -0.3 is 5.32 Å². The molecule has 0 radical (unpaired) electrons. The van der Waals surface area contributed by atoms with Crippen LogP contribution < -0.4 is 5.32 Å². The van der Waals surface area contributed by atoms with Crippen LogP contribution in [0.3, 0.4) is 0 Å². The number of anilines is 1. The molecule has 2 aromatic rings. The Morgan fingerprint density at radius 1 is 1.29 bits per heavy atom. The van der Waals surface area contributed by atoms with Gasteiger partial charge in [0.25, 0.3) is 5.91 Å². The van der Waals surface area contributed by atoms with Gasteiger partial charge in [0.15, 0.2) is 11.0 Å². The first kappa shape index (κ1) is 11.5. The van der Waals surface area contributed by atoms with E-state index < -0.39 is 0 Å². The van der Waals surface area contributed by atoms with Crippen LogP contribution in [0.1, 0.15) is 16.1 Å². The van der Waals surface area contributed by atoms with Gasteiger partial charge in [-0.3, -0.25) is 9.78 Å². The molecule has 0 aliphatic rings. The van der Waals surface area contributed by atoms with E-state index in [-0.39, 0.29) is 11.1 Å². The second-order valence-corrected chi connectivity index (χ2v) is 3.72. The SMILES string of the molecule is Cc1ncccc1C(=O)Nc1ccc(Cl)nn1. The third-order valence-electron chi connectivity index (χ3n) is 2.13. The molecule has 0 unspecified atom stereocenters. The molecular weight excluding hydrogens is 240 g/mol. The number of pyridine rings is 1. The van der Waals surface area contributed by atoms with Gasteiger partial charge in [0.05, 0.1) is 5.56 Å². The van der Waals surface area contributed by atoms with Gasteiger partial charge in [-0.05, 0) is 31.2 Å². The Morgan fingerprint density at radius 2 is 2.12 bits per heavy atom. The fourth-order valence-electron chi connectivity index (χ4n) is 1.29. The minimum absolute atomic E-state index is 0.271. The third kappa shape index (κ3) is 2.76. The summed E-state index contributed by atoms with van der Waals surface area (Å²) in [6.07, 6.45) is 1.63. The average Bonchev–Trinajstić information content (AvgIpc) is 2.32. The molecule has 0 aliphatic heterocycles. The lowest BCUT2D eigenvalue weighted by Crippen LogP contribution is -2.15. The first-order valence-corrected chi connectivity index (χ1v) is 5.27. The predicted octanol–water partition coefficient (Wildman–Crippen LogP) is 2.09. The number of aromatic nitrogens is 3. The first-order valence-electron chi connectivity index (χ1n) is 4.89. The maximum absolute atomic E-state index is 11.9. The van der Waals surface area contributed by atoms with Crippen molar-refractivity contribution in [1.82, 2.24) is 15.2 Å². The summed E-state index contributed by atoms with van der Waals surface area (Å²) in [5, 5.41) is 10.3. The van der Waals surface area contributed by atoms with E-state index in [4.69, 9.17) is 11.6 Å². The molecule has 5 nitrogen and oxygen atoms in total. The highest BCUT2D eigenvalue weighted by Crippen LogP contribution is 2.09. The molecule has 0 fully saturated rings. The Balaban J connectivity index is 2.17. The summed E-state index contributed by atoms with van der Waals surface area (Å²) in [7, 11) is 0. The molecule has 0 aromatic carbocycles. The van der Waals surface area contributed by atoms with E-state index in [2.05, 4.69) is 20.5 Å². The summed E-state index contributed by atoms with van der Waals surface area (Å²) in [6, 6.07) is 6.54. The lowest BCUT2D eigenvalue weighted by atomic mass is 10.2. The van der Waals surface area contributed by atoms with Crippen molar-refractivity contribution in [1.29, 1.82) is 0 Å². The lowest BCUT2D eigenvalue weighted by Gasteiger charge is -2.05. The zero-order chi connectivity index (χ0) is 12.3. The van der Waals surface area contributed by atoms with Crippen LogP contribution in [-0.2, 0) is 0 Å². The molecule has 2 heterocycles. The highest BCUT2D eigenvalue weighted by Gasteiger charge is 2.09. The fraction of sp³-hybridized carbons (Fsp3) is 0.0909. The third-order valence-corrected chi connectivity index (χ3v) is 2.33. The Morgan fingerprint density at radius 3 is 2.76 bits per heavy atom. The molecule has 0 saturated heterocycles. The van der Waals surface area contributed by atoms with Gasteiger partial charge in [-0.1, -0.05) is 11.6 Å². The number of carbonyl (C=O) groups excluding carboxylic acids is 1. The minimum atomic E-state index is -0.271. The molecule has 0 spiro atoms. The Bertz CT molecular complexity index is 541. The van der Waals surface area contributed by atoms with Crippen molar-refractivity contribution in [3.8, 4) is 0 Å². The van der Waals surface area contributed by atoms with Gasteiger partial charge in [0.1, 0.15) is 0 Å². The highest BCUT2D eigenvalue weighted by atomic mass is 35.5. The van der Waals surface area contributed by atoms with E-state index in [0.717, 1.165) is 0 Å². The number of carbonyl (C=O) groups is 1. The van der Waals surface area contributed by atoms with Crippen molar-refractivity contribution in [2.45, 2.75) is 6.92 Å². The molecule has 0 atom stereocenters. The first-order chi connectivity index (χ1) is 8.16. The summed E-state index contributed by atoms with van der Waals surface area (Å²) >= 11 is 5.59. The van der Waals surface area contributed by atoms with Crippen LogP contribution in [-0.4, -0.2) is 21.1 Å². The van der Waals surface area contributed by atoms with Crippen LogP contribution in [0.2, 0.25) is 5.15 Å². The fourth-order valence-corrected chi connectivity index (χ4v) is 1.39. The second kappa shape index (κ2) is 4.88. The molecule has 2 rings (SSSR count). The topological polar surface area (TPSA) is 67.8 Å². The van der Waals surface area contributed by atoms with Gasteiger partial charge in [0.2, 0.25) is 0 Å². The summed E-state index contributed by atoms with van der Waals surface area (Å²) in [6.45, 7) is 1.77. The summed E-state index contributed by atoms with van der Waals surface area (Å²) in [5.74, 6) is 0.0786. The summed E-state index contributed by atoms with van der Waals surface area (Å²) < 4.78 is 0. The normalized spacial score (nSPS) is 10.0. The van der Waals surface area contributed by atoms with Crippen LogP contribution in [0.25, 0.3) is 0 Å². The Labute approximate surface area is 103 Å². The molecule has 17 heavy (non-hydrogen) atoms. The summed E-state index contributed by atoms with van der Waals surface area (Å²) in [4.78, 5) is 15.9. The number of hydrogen-bond donors (Lipinski definition) is 1. The van der Waals surface area contributed by atoms with Crippen LogP contribution in [0.5, 0.6) is 0 Å². The van der Waals surface area contributed by atoms with Crippen molar-refractivity contribution in [3.05, 3.63) is 46.9 Å². The number of hydrogen-bond acceptors (Lipinski definition) is 4. The van der Waals surface area contributed by atoms with E-state index in [9.17, 15) is 4.79 Å². The smallest absolute Gasteiger partial charge is 0.258 e. The van der Waals surface area contributed by atoms with E-state index in [1.165, 1.54) is 0 Å². The zero-order valence-electron chi connectivity index (χ0n) is 9.01. The van der Waals surface area contributed by atoms with Gasteiger partial charge >= 0.3 is 0 Å². The standard InChI is InChI=1S/C11H9ClN4O/c1-7-8(3-2-6-13-7)11(17)14-10-5-4-9(12)15-16-10/h2-6H,1H3,(H,14,16,17). The van der Waals surface area contributed by atoms with E-state index in [1.54, 1.807) is 37.4 Å². The predicted molar refractivity (Wildman–Crippen MR) is 64.0 cm³/mol. The lowest BCUT2D eigenvalue weighted by molar-refractivity contribution is 0.102. The van der Waals surface area contributed by atoms with Crippen molar-refractivity contribution in [2.24, 2.45) is 0 Å². The number of halogens is 1. The van der Waals surface area contributed by atoms with Crippen molar-refractivity contribution < 1.29 is 4.79 Å². The number of nitrogens with one attached hydrogen (secondary N) is 1. The van der Waals surface area contributed by atoms with Crippen LogP contribution in [0.4, 0.5) is 5.82 Å². The van der Waals surface area contributed by atoms with E-state index in [1.807, 2.05) is 0 Å². The van der Waals surface area contributed by atoms with Gasteiger partial charge in [-0.25, -0.2) is 0 Å². The maximum Gasteiger partial charge on any atom is 0.258 e. The molecule has 86 valence electrons. The number of aryl methyl sites for hydroxylation is 1. The Kier molecular flexibility index (Phi) is 3.30. The number of nitrogens with zero attached hydrogens (tertiary/aromatic N) is 3. The molecule has 0 bridgehead atoms. The molecular formula is C11H9ClN4O. The molecule has 0 saturated carbocycles. The van der Waals surface area contributed by atoms with Crippen LogP contribution in [0, 0.1) is 6.92 Å². The highest BCUT2D eigenvalue weighted by molar-refractivity contribution is 6.29. The minimum Gasteiger partial charge on any atom is -0.305 e. The molecule has 6 heteroatoms. The Hall–Kier alpha value is -2.01. The average molecular weight is 249 g/mol. The monoisotopic (exact) mass is 248 g/mol. The second-order valence-electron chi connectivity index (χ2n) is 3.33.